The molecule has 13 heavy (non-hydrogen) atoms. The summed E-state index contributed by atoms with van der Waals surface area (Å²) >= 11 is 0. The van der Waals surface area contributed by atoms with Crippen LogP contribution in [0.4, 0.5) is 0 Å². The molecule has 0 aromatic heterocycles. The van der Waals surface area contributed by atoms with E-state index in [1.54, 1.807) is 0 Å². The van der Waals surface area contributed by atoms with E-state index in [-0.39, 0.29) is 0 Å². The largest absolute Gasteiger partial charge is 0.512 e. The summed E-state index contributed by atoms with van der Waals surface area (Å²) in [5.41, 5.74) is 1.48. The topological polar surface area (TPSA) is 28.2 Å². The van der Waals surface area contributed by atoms with Crippen LogP contribution in [0.2, 0.25) is 0 Å². The normalized spacial score (nSPS) is 19.1. The molecule has 0 saturated heterocycles. The lowest BCUT2D eigenvalue weighted by molar-refractivity contribution is -0.788. The maximum Gasteiger partial charge on any atom is 0.102 e. The number of nitrogens with zero attached hydrogens (tertiary/aromatic N) is 1. The van der Waals surface area contributed by atoms with Crippen molar-refractivity contribution in [2.75, 3.05) is 6.54 Å². The zero-order valence-corrected chi connectivity index (χ0v) is 8.51. The third-order valence-corrected chi connectivity index (χ3v) is 2.11. The van der Waals surface area contributed by atoms with E-state index in [9.17, 15) is 0 Å². The Kier molecular flexibility index (Phi) is 6.95. The molecule has 0 fully saturated rings. The van der Waals surface area contributed by atoms with Gasteiger partial charge in [0.05, 0.1) is 12.7 Å². The van der Waals surface area contributed by atoms with Crippen LogP contribution in [0.1, 0.15) is 33.1 Å². The number of hydrogen-bond acceptors (Lipinski definition) is 1. The highest BCUT2D eigenvalue weighted by molar-refractivity contribution is 5.17. The molecular weight excluding hydrogens is 160 g/mol. The van der Waals surface area contributed by atoms with Gasteiger partial charge in [-0.25, -0.2) is 0 Å². The summed E-state index contributed by atoms with van der Waals surface area (Å²) in [6.07, 6.45) is 10.6. The van der Waals surface area contributed by atoms with E-state index in [0.717, 1.165) is 0 Å². The molecule has 1 rings (SSSR count). The van der Waals surface area contributed by atoms with Crippen LogP contribution in [0.25, 0.3) is 0 Å². The second-order valence-corrected chi connectivity index (χ2v) is 3.08. The van der Waals surface area contributed by atoms with E-state index in [0.29, 0.717) is 0 Å². The molecule has 1 aliphatic rings. The molecule has 1 heterocycles. The van der Waals surface area contributed by atoms with Crippen LogP contribution in [0.3, 0.4) is 0 Å². The molecule has 1 aliphatic heterocycles. The molecule has 0 amide bonds. The predicted octanol–water partition coefficient (Wildman–Crippen LogP) is 1.59. The van der Waals surface area contributed by atoms with Crippen molar-refractivity contribution in [3.05, 3.63) is 30.6 Å². The fourth-order valence-electron chi connectivity index (χ4n) is 1.30. The van der Waals surface area contributed by atoms with Crippen LogP contribution in [0.5, 0.6) is 0 Å². The smallest absolute Gasteiger partial charge is 0.102 e. The van der Waals surface area contributed by atoms with Crippen molar-refractivity contribution in [2.45, 2.75) is 33.1 Å². The SMILES string of the molecule is CCCC[NH+]1C=CC(CC)=C1.[C-]#N. The highest BCUT2D eigenvalue weighted by Crippen LogP contribution is 2.01. The molecule has 1 atom stereocenters. The quantitative estimate of drug-likeness (QED) is 0.651. The van der Waals surface area contributed by atoms with E-state index < -0.39 is 0 Å². The van der Waals surface area contributed by atoms with Gasteiger partial charge >= 0.3 is 0 Å². The van der Waals surface area contributed by atoms with Crippen LogP contribution < -0.4 is 4.90 Å². The standard InChI is InChI=1S/C10H17N.CN/c1-3-5-7-11-8-6-10(4-2)9-11;1-2/h6,8-9H,3-5,7H2,1-2H3;/q;-1/p+1. The van der Waals surface area contributed by atoms with Crippen LogP contribution in [0.15, 0.2) is 24.0 Å². The lowest BCUT2D eigenvalue weighted by Crippen LogP contribution is -3.01. The van der Waals surface area contributed by atoms with Gasteiger partial charge in [-0.15, -0.1) is 0 Å². The summed E-state index contributed by atoms with van der Waals surface area (Å²) < 4.78 is 0. The summed E-state index contributed by atoms with van der Waals surface area (Å²) in [5, 5.41) is 6.25. The molecule has 0 aliphatic carbocycles. The first-order chi connectivity index (χ1) is 6.36. The average molecular weight is 178 g/mol. The first-order valence-corrected chi connectivity index (χ1v) is 4.83. The van der Waals surface area contributed by atoms with Gasteiger partial charge in [-0.05, 0) is 12.8 Å². The number of quaternary nitrogens is 1. The van der Waals surface area contributed by atoms with Gasteiger partial charge in [-0.1, -0.05) is 20.3 Å². The van der Waals surface area contributed by atoms with E-state index >= 15 is 0 Å². The van der Waals surface area contributed by atoms with Gasteiger partial charge in [0.25, 0.3) is 0 Å². The fourth-order valence-corrected chi connectivity index (χ4v) is 1.30. The highest BCUT2D eigenvalue weighted by atomic mass is 15.1. The van der Waals surface area contributed by atoms with E-state index in [1.165, 1.54) is 36.3 Å². The molecule has 0 spiro atoms. The van der Waals surface area contributed by atoms with Crippen molar-refractivity contribution in [1.29, 1.82) is 5.26 Å². The summed E-state index contributed by atoms with van der Waals surface area (Å²) in [6, 6.07) is 0. The van der Waals surface area contributed by atoms with Gasteiger partial charge in [-0.2, -0.15) is 0 Å². The lowest BCUT2D eigenvalue weighted by atomic mass is 10.2. The molecular formula is C11H18N2. The third-order valence-electron chi connectivity index (χ3n) is 2.11. The molecule has 0 aromatic rings. The molecule has 0 radical (unpaired) electrons. The van der Waals surface area contributed by atoms with E-state index in [1.807, 2.05) is 0 Å². The second-order valence-electron chi connectivity index (χ2n) is 3.08. The van der Waals surface area contributed by atoms with Gasteiger partial charge in [0.15, 0.2) is 0 Å². The van der Waals surface area contributed by atoms with Crippen molar-refractivity contribution < 1.29 is 4.90 Å². The molecule has 2 nitrogen and oxygen atoms in total. The first kappa shape index (κ1) is 11.9. The summed E-state index contributed by atoms with van der Waals surface area (Å²) in [6.45, 7) is 10.5. The molecule has 0 saturated carbocycles. The van der Waals surface area contributed by atoms with Gasteiger partial charge in [0, 0.05) is 11.6 Å². The van der Waals surface area contributed by atoms with Crippen LogP contribution >= 0.6 is 0 Å². The predicted molar refractivity (Wildman–Crippen MR) is 53.2 cm³/mol. The van der Waals surface area contributed by atoms with Crippen molar-refractivity contribution in [3.63, 3.8) is 0 Å². The van der Waals surface area contributed by atoms with Gasteiger partial charge in [-0.3, -0.25) is 4.90 Å². The molecule has 72 valence electrons. The number of hydrogen-bond donors (Lipinski definition) is 1. The Morgan fingerprint density at radius 3 is 2.54 bits per heavy atom. The fraction of sp³-hybridized carbons (Fsp3) is 0.545. The number of nitrogens with one attached hydrogen (secondary N) is 1. The van der Waals surface area contributed by atoms with Crippen molar-refractivity contribution in [1.82, 2.24) is 0 Å². The monoisotopic (exact) mass is 178 g/mol. The zero-order valence-electron chi connectivity index (χ0n) is 8.51. The molecule has 1 N–H and O–H groups in total. The average Bonchev–Trinajstić information content (AvgIpc) is 2.65. The first-order valence-electron chi connectivity index (χ1n) is 4.83. The minimum Gasteiger partial charge on any atom is -0.512 e. The number of rotatable bonds is 4. The molecule has 2 heteroatoms. The highest BCUT2D eigenvalue weighted by Gasteiger charge is 2.07. The van der Waals surface area contributed by atoms with Gasteiger partial charge in [0.2, 0.25) is 0 Å². The molecule has 0 aromatic carbocycles. The Balaban J connectivity index is 0.000000671. The van der Waals surface area contributed by atoms with Crippen LogP contribution in [-0.4, -0.2) is 6.54 Å². The van der Waals surface area contributed by atoms with Crippen molar-refractivity contribution in [2.24, 2.45) is 0 Å². The number of unbranched alkanes of at least 4 members (excludes halogenated alkanes) is 1. The summed E-state index contributed by atoms with van der Waals surface area (Å²) in [7, 11) is 0. The van der Waals surface area contributed by atoms with Crippen LogP contribution in [-0.2, 0) is 0 Å². The maximum atomic E-state index is 6.25. The number of allylic oxidation sites excluding steroid dienone is 2. The molecule has 1 unspecified atom stereocenters. The summed E-state index contributed by atoms with van der Waals surface area (Å²) in [4.78, 5) is 1.52. The van der Waals surface area contributed by atoms with Crippen molar-refractivity contribution in [3.8, 4) is 0 Å². The lowest BCUT2D eigenvalue weighted by Gasteiger charge is -2.04. The van der Waals surface area contributed by atoms with Gasteiger partial charge < -0.3 is 11.8 Å². The minimum atomic E-state index is 1.17. The summed E-state index contributed by atoms with van der Waals surface area (Å²) in [5.74, 6) is 0. The third kappa shape index (κ3) is 4.49. The Labute approximate surface area is 81.2 Å². The van der Waals surface area contributed by atoms with Crippen molar-refractivity contribution >= 4 is 0 Å². The Morgan fingerprint density at radius 1 is 1.38 bits per heavy atom. The second kappa shape index (κ2) is 7.57. The Bertz CT molecular complexity index is 201. The Hall–Kier alpha value is -1.07. The van der Waals surface area contributed by atoms with Gasteiger partial charge in [0.1, 0.15) is 6.20 Å². The van der Waals surface area contributed by atoms with Crippen LogP contribution in [0, 0.1) is 11.8 Å². The van der Waals surface area contributed by atoms with E-state index in [2.05, 4.69) is 32.3 Å². The Morgan fingerprint density at radius 2 is 2.08 bits per heavy atom. The minimum absolute atomic E-state index is 1.17. The maximum absolute atomic E-state index is 6.25. The molecule has 0 bridgehead atoms. The van der Waals surface area contributed by atoms with E-state index in [4.69, 9.17) is 11.8 Å². The zero-order chi connectivity index (χ0) is 10.1.